The van der Waals surface area contributed by atoms with Gasteiger partial charge in [0.25, 0.3) is 0 Å². The minimum atomic E-state index is -0.348. The van der Waals surface area contributed by atoms with Crippen molar-refractivity contribution in [3.63, 3.8) is 0 Å². The Bertz CT molecular complexity index is 894. The Balaban J connectivity index is 0.00000117. The number of hydrogen-bond acceptors (Lipinski definition) is 3. The number of fused-ring (bicyclic) bond motifs is 2. The zero-order chi connectivity index (χ0) is 20.9. The highest BCUT2D eigenvalue weighted by Gasteiger charge is 2.44. The molecule has 29 heavy (non-hydrogen) atoms. The minimum Gasteiger partial charge on any atom is -0.444 e. The SMILES string of the molecule is CC.CC(=O)N1CC2(C=CN(C(=O)OCc3ccccc3)CC2)c2ccccc21. The number of amides is 2. The maximum atomic E-state index is 12.4. The van der Waals surface area contributed by atoms with Gasteiger partial charge in [-0.15, -0.1) is 0 Å². The van der Waals surface area contributed by atoms with Crippen LogP contribution in [0.25, 0.3) is 0 Å². The van der Waals surface area contributed by atoms with Crippen LogP contribution in [-0.4, -0.2) is 30.0 Å². The number of carbonyl (C=O) groups is 2. The summed E-state index contributed by atoms with van der Waals surface area (Å²) in [5, 5.41) is 0. The molecule has 0 saturated carbocycles. The number of hydrogen-bond donors (Lipinski definition) is 0. The van der Waals surface area contributed by atoms with E-state index in [0.29, 0.717) is 13.1 Å². The normalized spacial score (nSPS) is 19.4. The van der Waals surface area contributed by atoms with Crippen molar-refractivity contribution >= 4 is 17.7 Å². The first kappa shape index (κ1) is 20.6. The van der Waals surface area contributed by atoms with Gasteiger partial charge in [-0.05, 0) is 23.6 Å². The van der Waals surface area contributed by atoms with E-state index in [1.165, 1.54) is 0 Å². The zero-order valence-electron chi connectivity index (χ0n) is 17.3. The van der Waals surface area contributed by atoms with Crippen LogP contribution >= 0.6 is 0 Å². The monoisotopic (exact) mass is 392 g/mol. The van der Waals surface area contributed by atoms with Crippen LogP contribution in [0, 0.1) is 0 Å². The molecule has 5 heteroatoms. The van der Waals surface area contributed by atoms with E-state index in [0.717, 1.165) is 23.2 Å². The van der Waals surface area contributed by atoms with Crippen molar-refractivity contribution in [2.24, 2.45) is 0 Å². The maximum absolute atomic E-state index is 12.4. The van der Waals surface area contributed by atoms with Gasteiger partial charge in [-0.2, -0.15) is 0 Å². The van der Waals surface area contributed by atoms with Crippen molar-refractivity contribution in [3.05, 3.63) is 78.0 Å². The second kappa shape index (κ2) is 8.95. The van der Waals surface area contributed by atoms with Crippen LogP contribution in [0.3, 0.4) is 0 Å². The summed E-state index contributed by atoms with van der Waals surface area (Å²) in [6.07, 6.45) is 4.25. The van der Waals surface area contributed by atoms with Gasteiger partial charge >= 0.3 is 6.09 Å². The average Bonchev–Trinajstić information content (AvgIpc) is 3.09. The lowest BCUT2D eigenvalue weighted by molar-refractivity contribution is -0.116. The van der Waals surface area contributed by atoms with E-state index in [1.54, 1.807) is 18.0 Å². The van der Waals surface area contributed by atoms with Crippen LogP contribution in [0.15, 0.2) is 66.9 Å². The molecular weight excluding hydrogens is 364 g/mol. The lowest BCUT2D eigenvalue weighted by atomic mass is 9.78. The van der Waals surface area contributed by atoms with Crippen LogP contribution in [0.4, 0.5) is 10.5 Å². The van der Waals surface area contributed by atoms with Gasteiger partial charge in [0.05, 0.1) is 0 Å². The number of nitrogens with zero attached hydrogens (tertiary/aromatic N) is 2. The summed E-state index contributed by atoms with van der Waals surface area (Å²) in [4.78, 5) is 27.9. The predicted molar refractivity (Wildman–Crippen MR) is 115 cm³/mol. The Labute approximate surface area is 172 Å². The first-order chi connectivity index (χ1) is 14.1. The number of anilines is 1. The molecule has 152 valence electrons. The van der Waals surface area contributed by atoms with E-state index in [1.807, 2.05) is 73.4 Å². The second-order valence-corrected chi connectivity index (χ2v) is 7.08. The minimum absolute atomic E-state index is 0.0393. The number of benzene rings is 2. The summed E-state index contributed by atoms with van der Waals surface area (Å²) in [6.45, 7) is 7.03. The first-order valence-electron chi connectivity index (χ1n) is 10.1. The highest BCUT2D eigenvalue weighted by molar-refractivity contribution is 5.95. The van der Waals surface area contributed by atoms with Crippen LogP contribution in [0.1, 0.15) is 38.3 Å². The van der Waals surface area contributed by atoms with E-state index in [9.17, 15) is 9.59 Å². The molecule has 2 aliphatic heterocycles. The van der Waals surface area contributed by atoms with Gasteiger partial charge in [0.2, 0.25) is 5.91 Å². The van der Waals surface area contributed by atoms with Crippen molar-refractivity contribution < 1.29 is 14.3 Å². The third-order valence-electron chi connectivity index (χ3n) is 5.36. The molecule has 1 atom stereocenters. The third kappa shape index (κ3) is 4.19. The number of ether oxygens (including phenoxy) is 1. The Kier molecular flexibility index (Phi) is 6.37. The smallest absolute Gasteiger partial charge is 0.414 e. The van der Waals surface area contributed by atoms with Gasteiger partial charge < -0.3 is 9.64 Å². The summed E-state index contributed by atoms with van der Waals surface area (Å²) in [5.41, 5.74) is 2.84. The number of rotatable bonds is 2. The third-order valence-corrected chi connectivity index (χ3v) is 5.36. The van der Waals surface area contributed by atoms with Gasteiger partial charge in [0, 0.05) is 37.3 Å². The molecule has 2 aliphatic rings. The topological polar surface area (TPSA) is 49.9 Å². The van der Waals surface area contributed by atoms with Crippen molar-refractivity contribution in [1.29, 1.82) is 0 Å². The lowest BCUT2D eigenvalue weighted by Crippen LogP contribution is -2.41. The van der Waals surface area contributed by atoms with Crippen LogP contribution in [-0.2, 0) is 21.6 Å². The summed E-state index contributed by atoms with van der Waals surface area (Å²) >= 11 is 0. The van der Waals surface area contributed by atoms with Crippen molar-refractivity contribution in [2.75, 3.05) is 18.0 Å². The highest BCUT2D eigenvalue weighted by atomic mass is 16.6. The molecule has 2 aromatic carbocycles. The van der Waals surface area contributed by atoms with Crippen LogP contribution in [0.5, 0.6) is 0 Å². The van der Waals surface area contributed by atoms with Gasteiger partial charge in [-0.3, -0.25) is 9.69 Å². The lowest BCUT2D eigenvalue weighted by Gasteiger charge is -2.34. The fraction of sp³-hybridized carbons (Fsp3) is 0.333. The molecule has 2 heterocycles. The molecule has 0 saturated heterocycles. The highest BCUT2D eigenvalue weighted by Crippen LogP contribution is 2.45. The Hall–Kier alpha value is -3.08. The van der Waals surface area contributed by atoms with E-state index in [2.05, 4.69) is 6.07 Å². The molecule has 0 fully saturated rings. The van der Waals surface area contributed by atoms with Crippen molar-refractivity contribution in [2.45, 2.75) is 39.2 Å². The molecule has 0 radical (unpaired) electrons. The Morgan fingerprint density at radius 3 is 2.38 bits per heavy atom. The van der Waals surface area contributed by atoms with Crippen LogP contribution < -0.4 is 4.90 Å². The summed E-state index contributed by atoms with van der Waals surface area (Å²) in [5.74, 6) is 0.0393. The van der Waals surface area contributed by atoms with Gasteiger partial charge in [0.15, 0.2) is 0 Å². The fourth-order valence-corrected chi connectivity index (χ4v) is 3.88. The summed E-state index contributed by atoms with van der Waals surface area (Å²) in [6, 6.07) is 17.7. The zero-order valence-corrected chi connectivity index (χ0v) is 17.3. The number of para-hydroxylation sites is 1. The quantitative estimate of drug-likeness (QED) is 0.732. The Morgan fingerprint density at radius 1 is 1.03 bits per heavy atom. The number of carbonyl (C=O) groups excluding carboxylic acids is 2. The first-order valence-corrected chi connectivity index (χ1v) is 10.1. The van der Waals surface area contributed by atoms with Gasteiger partial charge in [0.1, 0.15) is 6.61 Å². The molecular formula is C24H28N2O3. The average molecular weight is 392 g/mol. The Morgan fingerprint density at radius 2 is 1.72 bits per heavy atom. The summed E-state index contributed by atoms with van der Waals surface area (Å²) < 4.78 is 5.42. The molecule has 0 aromatic heterocycles. The molecule has 0 N–H and O–H groups in total. The summed E-state index contributed by atoms with van der Waals surface area (Å²) in [7, 11) is 0. The van der Waals surface area contributed by atoms with Crippen molar-refractivity contribution in [3.8, 4) is 0 Å². The molecule has 2 amide bonds. The molecule has 0 aliphatic carbocycles. The largest absolute Gasteiger partial charge is 0.444 e. The predicted octanol–water partition coefficient (Wildman–Crippen LogP) is 4.87. The maximum Gasteiger partial charge on any atom is 0.414 e. The molecule has 4 rings (SSSR count). The van der Waals surface area contributed by atoms with E-state index < -0.39 is 0 Å². The molecule has 2 aromatic rings. The molecule has 1 spiro atoms. The van der Waals surface area contributed by atoms with Gasteiger partial charge in [-0.1, -0.05) is 68.5 Å². The second-order valence-electron chi connectivity index (χ2n) is 7.08. The van der Waals surface area contributed by atoms with E-state index >= 15 is 0 Å². The van der Waals surface area contributed by atoms with E-state index in [-0.39, 0.29) is 24.0 Å². The van der Waals surface area contributed by atoms with Crippen molar-refractivity contribution in [1.82, 2.24) is 4.90 Å². The van der Waals surface area contributed by atoms with Gasteiger partial charge in [-0.25, -0.2) is 4.79 Å². The van der Waals surface area contributed by atoms with E-state index in [4.69, 9.17) is 4.74 Å². The fourth-order valence-electron chi connectivity index (χ4n) is 3.88. The molecule has 1 unspecified atom stereocenters. The van der Waals surface area contributed by atoms with Crippen LogP contribution in [0.2, 0.25) is 0 Å². The molecule has 0 bridgehead atoms. The standard InChI is InChI=1S/C22H22N2O3.C2H6/c1-17(25)24-16-22(19-9-5-6-10-20(19)24)11-13-23(14-12-22)21(26)27-15-18-7-3-2-4-8-18;1-2/h2-11,13H,12,14-16H2,1H3;1-2H3. The molecule has 5 nitrogen and oxygen atoms in total.